The minimum absolute atomic E-state index is 0.102. The maximum Gasteiger partial charge on any atom is 0.0951 e. The first-order valence-corrected chi connectivity index (χ1v) is 11.2. The molecule has 0 aliphatic heterocycles. The molecule has 0 bridgehead atoms. The first kappa shape index (κ1) is 21.7. The summed E-state index contributed by atoms with van der Waals surface area (Å²) >= 11 is 0. The largest absolute Gasteiger partial charge is 0.331 e. The summed E-state index contributed by atoms with van der Waals surface area (Å²) in [5.41, 5.74) is 3.15. The number of aromatic nitrogens is 2. The Kier molecular flexibility index (Phi) is 9.66. The van der Waals surface area contributed by atoms with Gasteiger partial charge < -0.3 is 4.57 Å². The predicted molar refractivity (Wildman–Crippen MR) is 117 cm³/mol. The van der Waals surface area contributed by atoms with Crippen molar-refractivity contribution in [3.05, 3.63) is 54.1 Å². The van der Waals surface area contributed by atoms with E-state index >= 15 is 0 Å². The highest BCUT2D eigenvalue weighted by Gasteiger charge is 2.25. The van der Waals surface area contributed by atoms with Gasteiger partial charge in [-0.2, -0.15) is 0 Å². The van der Waals surface area contributed by atoms with Gasteiger partial charge in [-0.25, -0.2) is 4.98 Å². The lowest BCUT2D eigenvalue weighted by Gasteiger charge is -2.31. The van der Waals surface area contributed by atoms with E-state index in [9.17, 15) is 0 Å². The summed E-state index contributed by atoms with van der Waals surface area (Å²) in [6.45, 7) is 6.92. The summed E-state index contributed by atoms with van der Waals surface area (Å²) in [5.74, 6) is 0. The highest BCUT2D eigenvalue weighted by molar-refractivity contribution is 5.28. The molecule has 2 nitrogen and oxygen atoms in total. The third kappa shape index (κ3) is 7.16. The summed E-state index contributed by atoms with van der Waals surface area (Å²) in [5, 5.41) is 0. The van der Waals surface area contributed by atoms with E-state index < -0.39 is 0 Å². The van der Waals surface area contributed by atoms with E-state index in [1.54, 1.807) is 5.56 Å². The van der Waals surface area contributed by atoms with E-state index in [0.717, 1.165) is 12.8 Å². The van der Waals surface area contributed by atoms with Crippen LogP contribution < -0.4 is 0 Å². The van der Waals surface area contributed by atoms with Gasteiger partial charge in [-0.05, 0) is 43.7 Å². The second-order valence-corrected chi connectivity index (χ2v) is 8.34. The Morgan fingerprint density at radius 1 is 0.852 bits per heavy atom. The fourth-order valence-corrected chi connectivity index (χ4v) is 3.99. The molecule has 0 N–H and O–H groups in total. The van der Waals surface area contributed by atoms with Crippen LogP contribution in [0.2, 0.25) is 0 Å². The van der Waals surface area contributed by atoms with Crippen LogP contribution >= 0.6 is 0 Å². The van der Waals surface area contributed by atoms with Crippen molar-refractivity contribution in [2.45, 2.75) is 103 Å². The SMILES string of the molecule is CCCCCCCCCCCc1ccccc1CC(C)(CC)n1ccnc1. The van der Waals surface area contributed by atoms with Gasteiger partial charge in [0.05, 0.1) is 6.33 Å². The number of benzene rings is 1. The molecule has 150 valence electrons. The molecule has 1 aromatic carbocycles. The molecule has 1 unspecified atom stereocenters. The van der Waals surface area contributed by atoms with Crippen molar-refractivity contribution in [3.8, 4) is 0 Å². The third-order valence-electron chi connectivity index (χ3n) is 6.13. The van der Waals surface area contributed by atoms with Crippen LogP contribution in [0.3, 0.4) is 0 Å². The first-order valence-electron chi connectivity index (χ1n) is 11.2. The number of nitrogens with zero attached hydrogens (tertiary/aromatic N) is 2. The molecule has 0 radical (unpaired) electrons. The lowest BCUT2D eigenvalue weighted by atomic mass is 9.86. The van der Waals surface area contributed by atoms with Crippen LogP contribution in [-0.2, 0) is 18.4 Å². The number of rotatable bonds is 14. The molecule has 1 aromatic heterocycles. The Bertz CT molecular complexity index is 617. The molecule has 27 heavy (non-hydrogen) atoms. The zero-order valence-corrected chi connectivity index (χ0v) is 17.9. The second-order valence-electron chi connectivity index (χ2n) is 8.34. The van der Waals surface area contributed by atoms with E-state index in [1.165, 1.54) is 69.8 Å². The van der Waals surface area contributed by atoms with Crippen molar-refractivity contribution in [2.24, 2.45) is 0 Å². The molecule has 2 heteroatoms. The Morgan fingerprint density at radius 3 is 2.07 bits per heavy atom. The van der Waals surface area contributed by atoms with Gasteiger partial charge in [0.1, 0.15) is 0 Å². The number of hydrogen-bond donors (Lipinski definition) is 0. The summed E-state index contributed by atoms with van der Waals surface area (Å²) in [6.07, 6.45) is 21.9. The Hall–Kier alpha value is -1.57. The molecular formula is C25H40N2. The Labute approximate surface area is 167 Å². The van der Waals surface area contributed by atoms with E-state index in [4.69, 9.17) is 0 Å². The minimum Gasteiger partial charge on any atom is -0.331 e. The fraction of sp³-hybridized carbons (Fsp3) is 0.640. The van der Waals surface area contributed by atoms with E-state index in [2.05, 4.69) is 60.8 Å². The lowest BCUT2D eigenvalue weighted by Crippen LogP contribution is -2.31. The molecule has 2 rings (SSSR count). The van der Waals surface area contributed by atoms with Crippen LogP contribution in [-0.4, -0.2) is 9.55 Å². The number of hydrogen-bond acceptors (Lipinski definition) is 1. The van der Waals surface area contributed by atoms with Crippen molar-refractivity contribution in [2.75, 3.05) is 0 Å². The molecule has 0 aliphatic carbocycles. The van der Waals surface area contributed by atoms with Crippen LogP contribution in [0.1, 0.15) is 96.1 Å². The number of aryl methyl sites for hydroxylation is 1. The van der Waals surface area contributed by atoms with Gasteiger partial charge in [0.25, 0.3) is 0 Å². The summed E-state index contributed by atoms with van der Waals surface area (Å²) < 4.78 is 2.28. The van der Waals surface area contributed by atoms with Crippen LogP contribution in [0.25, 0.3) is 0 Å². The molecule has 1 atom stereocenters. The standard InChI is InChI=1S/C25H40N2/c1-4-6-7-8-9-10-11-12-13-16-23-17-14-15-18-24(23)21-25(3,5-2)27-20-19-26-22-27/h14-15,17-20,22H,4-13,16,21H2,1-3H3. The predicted octanol–water partition coefficient (Wildman–Crippen LogP) is 7.32. The summed E-state index contributed by atoms with van der Waals surface area (Å²) in [7, 11) is 0. The van der Waals surface area contributed by atoms with E-state index in [1.807, 2.05) is 12.5 Å². The molecule has 1 heterocycles. The van der Waals surface area contributed by atoms with Gasteiger partial charge in [0.2, 0.25) is 0 Å². The minimum atomic E-state index is 0.102. The van der Waals surface area contributed by atoms with E-state index in [0.29, 0.717) is 0 Å². The monoisotopic (exact) mass is 368 g/mol. The van der Waals surface area contributed by atoms with Gasteiger partial charge in [0, 0.05) is 17.9 Å². The van der Waals surface area contributed by atoms with Crippen LogP contribution in [0.15, 0.2) is 43.0 Å². The van der Waals surface area contributed by atoms with Crippen molar-refractivity contribution >= 4 is 0 Å². The fourth-order valence-electron chi connectivity index (χ4n) is 3.99. The molecule has 0 fully saturated rings. The first-order chi connectivity index (χ1) is 13.2. The van der Waals surface area contributed by atoms with Gasteiger partial charge in [-0.1, -0.05) is 89.5 Å². The second kappa shape index (κ2) is 12.0. The number of imidazole rings is 1. The molecule has 0 saturated heterocycles. The smallest absolute Gasteiger partial charge is 0.0951 e. The third-order valence-corrected chi connectivity index (χ3v) is 6.13. The highest BCUT2D eigenvalue weighted by Crippen LogP contribution is 2.27. The highest BCUT2D eigenvalue weighted by atomic mass is 15.1. The Morgan fingerprint density at radius 2 is 1.48 bits per heavy atom. The molecule has 0 spiro atoms. The van der Waals surface area contributed by atoms with Gasteiger partial charge in [0.15, 0.2) is 0 Å². The normalized spacial score (nSPS) is 13.6. The van der Waals surface area contributed by atoms with Crippen molar-refractivity contribution in [1.82, 2.24) is 9.55 Å². The van der Waals surface area contributed by atoms with Crippen molar-refractivity contribution < 1.29 is 0 Å². The molecule has 2 aromatic rings. The van der Waals surface area contributed by atoms with Gasteiger partial charge >= 0.3 is 0 Å². The van der Waals surface area contributed by atoms with Crippen LogP contribution in [0.5, 0.6) is 0 Å². The molecule has 0 saturated carbocycles. The lowest BCUT2D eigenvalue weighted by molar-refractivity contribution is 0.302. The molecule has 0 aliphatic rings. The van der Waals surface area contributed by atoms with Crippen molar-refractivity contribution in [1.29, 1.82) is 0 Å². The molecule has 0 amide bonds. The zero-order chi connectivity index (χ0) is 19.4. The average molecular weight is 369 g/mol. The van der Waals surface area contributed by atoms with Crippen molar-refractivity contribution in [3.63, 3.8) is 0 Å². The van der Waals surface area contributed by atoms with Crippen LogP contribution in [0, 0.1) is 0 Å². The summed E-state index contributed by atoms with van der Waals surface area (Å²) in [6, 6.07) is 9.06. The van der Waals surface area contributed by atoms with Gasteiger partial charge in [-0.3, -0.25) is 0 Å². The maximum absolute atomic E-state index is 4.26. The summed E-state index contributed by atoms with van der Waals surface area (Å²) in [4.78, 5) is 4.26. The van der Waals surface area contributed by atoms with Gasteiger partial charge in [-0.15, -0.1) is 0 Å². The Balaban J connectivity index is 1.80. The molecular weight excluding hydrogens is 328 g/mol. The van der Waals surface area contributed by atoms with E-state index in [-0.39, 0.29) is 5.54 Å². The number of unbranched alkanes of at least 4 members (excludes halogenated alkanes) is 8. The van der Waals surface area contributed by atoms with Crippen LogP contribution in [0.4, 0.5) is 0 Å². The maximum atomic E-state index is 4.26. The zero-order valence-electron chi connectivity index (χ0n) is 17.9. The quantitative estimate of drug-likeness (QED) is 0.319. The average Bonchev–Trinajstić information content (AvgIpc) is 3.23. The topological polar surface area (TPSA) is 17.8 Å².